The minimum atomic E-state index is -0.580. The van der Waals surface area contributed by atoms with Crippen molar-refractivity contribution < 1.29 is 19.0 Å². The number of carbonyl (C=O) groups excluding carboxylic acids is 1. The molecule has 1 aliphatic heterocycles. The van der Waals surface area contributed by atoms with Gasteiger partial charge < -0.3 is 19.9 Å². The van der Waals surface area contributed by atoms with Crippen LogP contribution in [0.5, 0.6) is 11.5 Å². The number of methoxy groups -OCH3 is 1. The summed E-state index contributed by atoms with van der Waals surface area (Å²) < 4.78 is 15.5. The average molecular weight is 251 g/mol. The van der Waals surface area contributed by atoms with Crippen LogP contribution in [0.1, 0.15) is 12.0 Å². The van der Waals surface area contributed by atoms with E-state index in [9.17, 15) is 4.79 Å². The summed E-state index contributed by atoms with van der Waals surface area (Å²) in [5.41, 5.74) is 6.75. The maximum Gasteiger partial charge on any atom is 0.322 e. The second-order valence-electron chi connectivity index (χ2n) is 4.15. The number of esters is 1. The van der Waals surface area contributed by atoms with Crippen LogP contribution in [0.4, 0.5) is 0 Å². The van der Waals surface area contributed by atoms with Gasteiger partial charge in [0, 0.05) is 0 Å². The summed E-state index contributed by atoms with van der Waals surface area (Å²) in [5.74, 6) is 1.14. The van der Waals surface area contributed by atoms with E-state index in [4.69, 9.17) is 15.2 Å². The van der Waals surface area contributed by atoms with Gasteiger partial charge in [0.05, 0.1) is 7.11 Å². The smallest absolute Gasteiger partial charge is 0.322 e. The van der Waals surface area contributed by atoms with E-state index in [1.807, 2.05) is 18.2 Å². The molecule has 0 bridgehead atoms. The second kappa shape index (κ2) is 5.73. The van der Waals surface area contributed by atoms with Crippen LogP contribution in [0.15, 0.2) is 18.2 Å². The number of nitrogens with two attached hydrogens (primary N) is 1. The van der Waals surface area contributed by atoms with E-state index in [-0.39, 0.29) is 5.97 Å². The Morgan fingerprint density at radius 2 is 2.11 bits per heavy atom. The Kier molecular flexibility index (Phi) is 4.04. The molecule has 5 heteroatoms. The van der Waals surface area contributed by atoms with Crippen molar-refractivity contribution in [2.75, 3.05) is 20.3 Å². The standard InChI is InChI=1S/C13H17NO4/c1-16-13(15)10(14)4-2-9-3-5-11-12(8-9)18-7-6-17-11/h3,5,8,10H,2,4,6-7,14H2,1H3. The van der Waals surface area contributed by atoms with Crippen molar-refractivity contribution in [3.8, 4) is 11.5 Å². The van der Waals surface area contributed by atoms with Crippen molar-refractivity contribution in [3.63, 3.8) is 0 Å². The number of hydrogen-bond donors (Lipinski definition) is 1. The fourth-order valence-corrected chi connectivity index (χ4v) is 1.83. The number of hydrogen-bond acceptors (Lipinski definition) is 5. The highest BCUT2D eigenvalue weighted by Gasteiger charge is 2.15. The van der Waals surface area contributed by atoms with Crippen molar-refractivity contribution in [2.45, 2.75) is 18.9 Å². The molecule has 1 aromatic carbocycles. The molecule has 0 aromatic heterocycles. The van der Waals surface area contributed by atoms with Gasteiger partial charge in [0.1, 0.15) is 19.3 Å². The van der Waals surface area contributed by atoms with Crippen molar-refractivity contribution in [2.24, 2.45) is 5.73 Å². The summed E-state index contributed by atoms with van der Waals surface area (Å²) in [4.78, 5) is 11.2. The summed E-state index contributed by atoms with van der Waals surface area (Å²) in [5, 5.41) is 0. The molecule has 0 saturated carbocycles. The molecule has 0 fully saturated rings. The molecule has 2 rings (SSSR count). The SMILES string of the molecule is COC(=O)C(N)CCc1ccc2c(c1)OCCO2. The quantitative estimate of drug-likeness (QED) is 0.805. The Hall–Kier alpha value is -1.75. The lowest BCUT2D eigenvalue weighted by Gasteiger charge is -2.19. The zero-order valence-corrected chi connectivity index (χ0v) is 10.3. The molecule has 0 spiro atoms. The molecule has 0 saturated heterocycles. The molecule has 1 atom stereocenters. The van der Waals surface area contributed by atoms with Crippen LogP contribution < -0.4 is 15.2 Å². The van der Waals surface area contributed by atoms with Gasteiger partial charge in [-0.05, 0) is 30.5 Å². The van der Waals surface area contributed by atoms with Crippen LogP contribution in [0, 0.1) is 0 Å². The Balaban J connectivity index is 1.96. The van der Waals surface area contributed by atoms with E-state index < -0.39 is 6.04 Å². The molecule has 98 valence electrons. The monoisotopic (exact) mass is 251 g/mol. The van der Waals surface area contributed by atoms with E-state index in [1.165, 1.54) is 7.11 Å². The fraction of sp³-hybridized carbons (Fsp3) is 0.462. The molecule has 5 nitrogen and oxygen atoms in total. The lowest BCUT2D eigenvalue weighted by molar-refractivity contribution is -0.142. The topological polar surface area (TPSA) is 70.8 Å². The molecular weight excluding hydrogens is 234 g/mol. The van der Waals surface area contributed by atoms with Crippen LogP contribution in [-0.4, -0.2) is 32.3 Å². The summed E-state index contributed by atoms with van der Waals surface area (Å²) in [6.07, 6.45) is 1.25. The van der Waals surface area contributed by atoms with Crippen molar-refractivity contribution in [1.29, 1.82) is 0 Å². The van der Waals surface area contributed by atoms with Gasteiger partial charge in [-0.3, -0.25) is 4.79 Å². The van der Waals surface area contributed by atoms with Gasteiger partial charge in [-0.2, -0.15) is 0 Å². The van der Waals surface area contributed by atoms with Gasteiger partial charge in [0.25, 0.3) is 0 Å². The first kappa shape index (κ1) is 12.7. The van der Waals surface area contributed by atoms with E-state index >= 15 is 0 Å². The highest BCUT2D eigenvalue weighted by Crippen LogP contribution is 2.31. The maximum atomic E-state index is 11.2. The zero-order chi connectivity index (χ0) is 13.0. The molecule has 1 heterocycles. The summed E-state index contributed by atoms with van der Waals surface area (Å²) >= 11 is 0. The Labute approximate surface area is 106 Å². The largest absolute Gasteiger partial charge is 0.486 e. The summed E-state index contributed by atoms with van der Waals surface area (Å²) in [7, 11) is 1.34. The first-order valence-electron chi connectivity index (χ1n) is 5.92. The van der Waals surface area contributed by atoms with Crippen LogP contribution in [0.3, 0.4) is 0 Å². The Morgan fingerprint density at radius 1 is 1.39 bits per heavy atom. The summed E-state index contributed by atoms with van der Waals surface area (Å²) in [6, 6.07) is 5.19. The van der Waals surface area contributed by atoms with Gasteiger partial charge >= 0.3 is 5.97 Å². The van der Waals surface area contributed by atoms with Crippen LogP contribution in [0.2, 0.25) is 0 Å². The fourth-order valence-electron chi connectivity index (χ4n) is 1.83. The third-order valence-corrected chi connectivity index (χ3v) is 2.85. The Morgan fingerprint density at radius 3 is 2.83 bits per heavy atom. The number of carbonyl (C=O) groups is 1. The Bertz CT molecular complexity index is 433. The first-order valence-corrected chi connectivity index (χ1v) is 5.92. The van der Waals surface area contributed by atoms with E-state index in [0.717, 1.165) is 17.1 Å². The molecule has 1 aromatic rings. The van der Waals surface area contributed by atoms with E-state index in [2.05, 4.69) is 4.74 Å². The summed E-state index contributed by atoms with van der Waals surface area (Å²) in [6.45, 7) is 1.15. The van der Waals surface area contributed by atoms with E-state index in [0.29, 0.717) is 26.1 Å². The lowest BCUT2D eigenvalue weighted by atomic mass is 10.1. The first-order chi connectivity index (χ1) is 8.70. The molecule has 0 amide bonds. The van der Waals surface area contributed by atoms with Gasteiger partial charge in [0.15, 0.2) is 11.5 Å². The highest BCUT2D eigenvalue weighted by molar-refractivity contribution is 5.75. The third kappa shape index (κ3) is 2.92. The van der Waals surface area contributed by atoms with Crippen molar-refractivity contribution in [1.82, 2.24) is 0 Å². The van der Waals surface area contributed by atoms with Crippen molar-refractivity contribution in [3.05, 3.63) is 23.8 Å². The molecule has 0 aliphatic carbocycles. The molecule has 2 N–H and O–H groups in total. The van der Waals surface area contributed by atoms with Gasteiger partial charge in [-0.25, -0.2) is 0 Å². The third-order valence-electron chi connectivity index (χ3n) is 2.85. The van der Waals surface area contributed by atoms with Crippen LogP contribution in [-0.2, 0) is 16.0 Å². The van der Waals surface area contributed by atoms with Crippen molar-refractivity contribution >= 4 is 5.97 Å². The molecular formula is C13H17NO4. The van der Waals surface area contributed by atoms with Gasteiger partial charge in [0.2, 0.25) is 0 Å². The van der Waals surface area contributed by atoms with E-state index in [1.54, 1.807) is 0 Å². The number of ether oxygens (including phenoxy) is 3. The molecule has 18 heavy (non-hydrogen) atoms. The molecule has 1 unspecified atom stereocenters. The normalized spacial score (nSPS) is 15.0. The predicted molar refractivity (Wildman–Crippen MR) is 65.7 cm³/mol. The number of aryl methyl sites for hydroxylation is 1. The van der Waals surface area contributed by atoms with Gasteiger partial charge in [-0.15, -0.1) is 0 Å². The highest BCUT2D eigenvalue weighted by atomic mass is 16.6. The van der Waals surface area contributed by atoms with Gasteiger partial charge in [-0.1, -0.05) is 6.07 Å². The molecule has 0 radical (unpaired) electrons. The van der Waals surface area contributed by atoms with Crippen LogP contribution in [0.25, 0.3) is 0 Å². The minimum absolute atomic E-state index is 0.382. The number of fused-ring (bicyclic) bond motifs is 1. The number of benzene rings is 1. The second-order valence-corrected chi connectivity index (χ2v) is 4.15. The predicted octanol–water partition coefficient (Wildman–Crippen LogP) is 0.891. The average Bonchev–Trinajstić information content (AvgIpc) is 2.43. The lowest BCUT2D eigenvalue weighted by Crippen LogP contribution is -2.31. The maximum absolute atomic E-state index is 11.2. The zero-order valence-electron chi connectivity index (χ0n) is 10.3. The molecule has 1 aliphatic rings. The minimum Gasteiger partial charge on any atom is -0.486 e. The number of rotatable bonds is 4. The van der Waals surface area contributed by atoms with Crippen LogP contribution >= 0.6 is 0 Å².